The van der Waals surface area contributed by atoms with Crippen LogP contribution in [-0.4, -0.2) is 30.4 Å². The normalized spacial score (nSPS) is 16.9. The molecule has 98 valence electrons. The molecule has 1 heterocycles. The highest BCUT2D eigenvalue weighted by Gasteiger charge is 2.23. The van der Waals surface area contributed by atoms with Gasteiger partial charge < -0.3 is 10.6 Å². The van der Waals surface area contributed by atoms with Crippen molar-refractivity contribution in [2.24, 2.45) is 11.7 Å². The van der Waals surface area contributed by atoms with Crippen LogP contribution >= 0.6 is 0 Å². The summed E-state index contributed by atoms with van der Waals surface area (Å²) < 4.78 is 13.2. The number of hydrogen-bond donors (Lipinski definition) is 1. The predicted molar refractivity (Wildman–Crippen MR) is 68.8 cm³/mol. The number of rotatable bonds is 2. The third kappa shape index (κ3) is 2.70. The van der Waals surface area contributed by atoms with E-state index >= 15 is 0 Å². The Labute approximate surface area is 107 Å². The first kappa shape index (κ1) is 13.0. The van der Waals surface area contributed by atoms with E-state index < -0.39 is 0 Å². The minimum atomic E-state index is -0.270. The summed E-state index contributed by atoms with van der Waals surface area (Å²) in [6, 6.07) is 4.53. The summed E-state index contributed by atoms with van der Waals surface area (Å²) in [5, 5.41) is 0. The van der Waals surface area contributed by atoms with E-state index in [1.165, 1.54) is 6.07 Å². The summed E-state index contributed by atoms with van der Waals surface area (Å²) in [6.45, 7) is 3.86. The number of carbonyl (C=O) groups is 1. The van der Waals surface area contributed by atoms with Crippen LogP contribution in [0, 0.1) is 18.7 Å². The highest BCUT2D eigenvalue weighted by atomic mass is 19.1. The van der Waals surface area contributed by atoms with Crippen molar-refractivity contribution in [1.82, 2.24) is 4.90 Å². The molecule has 1 fully saturated rings. The zero-order valence-electron chi connectivity index (χ0n) is 10.7. The summed E-state index contributed by atoms with van der Waals surface area (Å²) in [7, 11) is 0. The minimum Gasteiger partial charge on any atom is -0.339 e. The fraction of sp³-hybridized carbons (Fsp3) is 0.500. The van der Waals surface area contributed by atoms with E-state index in [-0.39, 0.29) is 11.7 Å². The average Bonchev–Trinajstić information content (AvgIpc) is 2.41. The molecule has 1 amide bonds. The van der Waals surface area contributed by atoms with Gasteiger partial charge in [0.25, 0.3) is 5.91 Å². The van der Waals surface area contributed by atoms with Crippen molar-refractivity contribution < 1.29 is 9.18 Å². The molecule has 1 aromatic rings. The molecule has 2 N–H and O–H groups in total. The predicted octanol–water partition coefficient (Wildman–Crippen LogP) is 1.95. The lowest BCUT2D eigenvalue weighted by Gasteiger charge is -2.31. The van der Waals surface area contributed by atoms with Crippen LogP contribution in [0.2, 0.25) is 0 Å². The Kier molecular flexibility index (Phi) is 3.97. The second-order valence-electron chi connectivity index (χ2n) is 4.94. The molecular formula is C14H19FN2O. The molecule has 0 radical (unpaired) electrons. The molecule has 0 saturated carbocycles. The van der Waals surface area contributed by atoms with Gasteiger partial charge in [0.1, 0.15) is 5.82 Å². The first-order chi connectivity index (χ1) is 8.61. The number of benzene rings is 1. The minimum absolute atomic E-state index is 0.00595. The third-order valence-corrected chi connectivity index (χ3v) is 3.64. The number of aryl methyl sites for hydroxylation is 1. The quantitative estimate of drug-likeness (QED) is 0.872. The Bertz CT molecular complexity index is 439. The Morgan fingerprint density at radius 1 is 1.44 bits per heavy atom. The molecule has 2 rings (SSSR count). The Balaban J connectivity index is 2.05. The van der Waals surface area contributed by atoms with E-state index in [1.807, 2.05) is 4.90 Å². The SMILES string of the molecule is Cc1cc(C(=O)N2CCC(CN)CC2)ccc1F. The highest BCUT2D eigenvalue weighted by molar-refractivity contribution is 5.94. The van der Waals surface area contributed by atoms with Crippen LogP contribution in [0.25, 0.3) is 0 Å². The summed E-state index contributed by atoms with van der Waals surface area (Å²) >= 11 is 0. The molecule has 3 nitrogen and oxygen atoms in total. The topological polar surface area (TPSA) is 46.3 Å². The van der Waals surface area contributed by atoms with Gasteiger partial charge in [-0.15, -0.1) is 0 Å². The number of likely N-dealkylation sites (tertiary alicyclic amines) is 1. The molecule has 1 aliphatic heterocycles. The Morgan fingerprint density at radius 2 is 2.11 bits per heavy atom. The molecule has 0 aliphatic carbocycles. The summed E-state index contributed by atoms with van der Waals surface area (Å²) in [5.74, 6) is 0.256. The Morgan fingerprint density at radius 3 is 2.67 bits per heavy atom. The maximum absolute atomic E-state index is 13.2. The van der Waals surface area contributed by atoms with Gasteiger partial charge in [-0.3, -0.25) is 4.79 Å². The van der Waals surface area contributed by atoms with Gasteiger partial charge >= 0.3 is 0 Å². The van der Waals surface area contributed by atoms with Gasteiger partial charge in [-0.2, -0.15) is 0 Å². The monoisotopic (exact) mass is 250 g/mol. The van der Waals surface area contributed by atoms with E-state index in [9.17, 15) is 9.18 Å². The first-order valence-electron chi connectivity index (χ1n) is 6.37. The fourth-order valence-corrected chi connectivity index (χ4v) is 2.33. The van der Waals surface area contributed by atoms with E-state index in [4.69, 9.17) is 5.73 Å². The maximum Gasteiger partial charge on any atom is 0.253 e. The molecule has 1 saturated heterocycles. The molecule has 0 aromatic heterocycles. The number of hydrogen-bond acceptors (Lipinski definition) is 2. The smallest absolute Gasteiger partial charge is 0.253 e. The zero-order chi connectivity index (χ0) is 13.1. The molecule has 0 unspecified atom stereocenters. The fourth-order valence-electron chi connectivity index (χ4n) is 2.33. The number of halogens is 1. The second kappa shape index (κ2) is 5.48. The summed E-state index contributed by atoms with van der Waals surface area (Å²) in [6.07, 6.45) is 1.92. The number of carbonyl (C=O) groups excluding carboxylic acids is 1. The molecule has 0 spiro atoms. The van der Waals surface area contributed by atoms with Crippen LogP contribution in [-0.2, 0) is 0 Å². The largest absolute Gasteiger partial charge is 0.339 e. The molecule has 1 aliphatic rings. The standard InChI is InChI=1S/C14H19FN2O/c1-10-8-12(2-3-13(10)15)14(18)17-6-4-11(9-16)5-7-17/h2-3,8,11H,4-7,9,16H2,1H3. The molecule has 1 aromatic carbocycles. The lowest BCUT2D eigenvalue weighted by Crippen LogP contribution is -2.40. The van der Waals surface area contributed by atoms with Crippen molar-refractivity contribution in [3.8, 4) is 0 Å². The Hall–Kier alpha value is -1.42. The van der Waals surface area contributed by atoms with E-state index in [1.54, 1.807) is 19.1 Å². The molecule has 0 bridgehead atoms. The van der Waals surface area contributed by atoms with E-state index in [0.717, 1.165) is 25.9 Å². The van der Waals surface area contributed by atoms with E-state index in [0.29, 0.717) is 23.6 Å². The molecule has 0 atom stereocenters. The van der Waals surface area contributed by atoms with Gasteiger partial charge in [0.2, 0.25) is 0 Å². The van der Waals surface area contributed by atoms with Crippen LogP contribution in [0.4, 0.5) is 4.39 Å². The van der Waals surface area contributed by atoms with Crippen LogP contribution in [0.15, 0.2) is 18.2 Å². The molecular weight excluding hydrogens is 231 g/mol. The van der Waals surface area contributed by atoms with Crippen molar-refractivity contribution in [3.05, 3.63) is 35.1 Å². The first-order valence-corrected chi connectivity index (χ1v) is 6.37. The van der Waals surface area contributed by atoms with Gasteiger partial charge in [0, 0.05) is 18.7 Å². The third-order valence-electron chi connectivity index (χ3n) is 3.64. The van der Waals surface area contributed by atoms with Gasteiger partial charge in [-0.25, -0.2) is 4.39 Å². The highest BCUT2D eigenvalue weighted by Crippen LogP contribution is 2.19. The zero-order valence-corrected chi connectivity index (χ0v) is 10.7. The number of nitrogens with zero attached hydrogens (tertiary/aromatic N) is 1. The lowest BCUT2D eigenvalue weighted by atomic mass is 9.96. The summed E-state index contributed by atoms with van der Waals surface area (Å²) in [4.78, 5) is 14.1. The number of amides is 1. The van der Waals surface area contributed by atoms with Crippen LogP contribution in [0.1, 0.15) is 28.8 Å². The van der Waals surface area contributed by atoms with Crippen molar-refractivity contribution in [2.75, 3.05) is 19.6 Å². The molecule has 18 heavy (non-hydrogen) atoms. The van der Waals surface area contributed by atoms with Crippen molar-refractivity contribution in [2.45, 2.75) is 19.8 Å². The lowest BCUT2D eigenvalue weighted by molar-refractivity contribution is 0.0693. The summed E-state index contributed by atoms with van der Waals surface area (Å²) in [5.41, 5.74) is 6.71. The number of piperidine rings is 1. The van der Waals surface area contributed by atoms with Crippen molar-refractivity contribution >= 4 is 5.91 Å². The van der Waals surface area contributed by atoms with Gasteiger partial charge in [-0.1, -0.05) is 0 Å². The van der Waals surface area contributed by atoms with Crippen LogP contribution < -0.4 is 5.73 Å². The van der Waals surface area contributed by atoms with Crippen molar-refractivity contribution in [3.63, 3.8) is 0 Å². The average molecular weight is 250 g/mol. The van der Waals surface area contributed by atoms with Crippen LogP contribution in [0.5, 0.6) is 0 Å². The van der Waals surface area contributed by atoms with Gasteiger partial charge in [-0.05, 0) is 56.0 Å². The van der Waals surface area contributed by atoms with Crippen molar-refractivity contribution in [1.29, 1.82) is 0 Å². The maximum atomic E-state index is 13.2. The van der Waals surface area contributed by atoms with Gasteiger partial charge in [0.05, 0.1) is 0 Å². The van der Waals surface area contributed by atoms with E-state index in [2.05, 4.69) is 0 Å². The molecule has 4 heteroatoms. The van der Waals surface area contributed by atoms with Gasteiger partial charge in [0.15, 0.2) is 0 Å². The van der Waals surface area contributed by atoms with Crippen LogP contribution in [0.3, 0.4) is 0 Å². The number of nitrogens with two attached hydrogens (primary N) is 1. The second-order valence-corrected chi connectivity index (χ2v) is 4.94.